The lowest BCUT2D eigenvalue weighted by molar-refractivity contribution is 0.0789. The normalized spacial score (nSPS) is 14.6. The first-order valence-corrected chi connectivity index (χ1v) is 10.3. The van der Waals surface area contributed by atoms with Crippen molar-refractivity contribution < 1.29 is 4.79 Å². The maximum Gasteiger partial charge on any atom is 0.274 e. The van der Waals surface area contributed by atoms with Crippen LogP contribution in [0.5, 0.6) is 0 Å². The third kappa shape index (κ3) is 4.24. The zero-order valence-corrected chi connectivity index (χ0v) is 16.8. The number of nitrogens with zero attached hydrogens (tertiary/aromatic N) is 4. The fourth-order valence-electron chi connectivity index (χ4n) is 3.04. The molecular formula is C20H25N5OS. The van der Waals surface area contributed by atoms with Crippen molar-refractivity contribution in [2.45, 2.75) is 39.7 Å². The van der Waals surface area contributed by atoms with Gasteiger partial charge in [-0.05, 0) is 43.3 Å². The van der Waals surface area contributed by atoms with Crippen LogP contribution in [0.15, 0.2) is 35.8 Å². The minimum atomic E-state index is -0.0491. The van der Waals surface area contributed by atoms with E-state index in [0.29, 0.717) is 11.6 Å². The summed E-state index contributed by atoms with van der Waals surface area (Å²) >= 11 is 1.51. The highest BCUT2D eigenvalue weighted by molar-refractivity contribution is 7.17. The number of rotatable bonds is 4. The molecule has 1 saturated heterocycles. The number of hydrogen-bond donors (Lipinski definition) is 1. The number of nitrogens with one attached hydrogen (secondary N) is 1. The van der Waals surface area contributed by atoms with Crippen LogP contribution in [0.3, 0.4) is 0 Å². The van der Waals surface area contributed by atoms with Crippen LogP contribution >= 0.6 is 11.3 Å². The maximum atomic E-state index is 12.9. The van der Waals surface area contributed by atoms with E-state index in [1.807, 2.05) is 55.3 Å². The molecule has 1 fully saturated rings. The minimum absolute atomic E-state index is 0.000823. The second-order valence-corrected chi connectivity index (χ2v) is 7.07. The van der Waals surface area contributed by atoms with Gasteiger partial charge in [0.25, 0.3) is 5.91 Å². The number of hydrogen-bond acceptors (Lipinski definition) is 6. The van der Waals surface area contributed by atoms with Crippen molar-refractivity contribution >= 4 is 33.4 Å². The fourth-order valence-corrected chi connectivity index (χ4v) is 3.85. The van der Waals surface area contributed by atoms with E-state index in [-0.39, 0.29) is 11.9 Å². The van der Waals surface area contributed by atoms with Crippen LogP contribution in [0.1, 0.15) is 55.8 Å². The molecular weight excluding hydrogens is 358 g/mol. The van der Waals surface area contributed by atoms with Gasteiger partial charge in [0.15, 0.2) is 5.69 Å². The molecule has 0 unspecified atom stereocenters. The fraction of sp³-hybridized carbons (Fsp3) is 0.400. The zero-order valence-electron chi connectivity index (χ0n) is 16.0. The van der Waals surface area contributed by atoms with Crippen molar-refractivity contribution in [2.24, 2.45) is 0 Å². The van der Waals surface area contributed by atoms with Gasteiger partial charge in [-0.15, -0.1) is 11.3 Å². The molecule has 27 heavy (non-hydrogen) atoms. The molecule has 3 aromatic rings. The predicted octanol–water partition coefficient (Wildman–Crippen LogP) is 4.52. The molecule has 142 valence electrons. The van der Waals surface area contributed by atoms with E-state index in [1.165, 1.54) is 11.3 Å². The molecule has 6 nitrogen and oxygen atoms in total. The summed E-state index contributed by atoms with van der Waals surface area (Å²) in [4.78, 5) is 28.2. The topological polar surface area (TPSA) is 71.0 Å². The first-order valence-electron chi connectivity index (χ1n) is 9.44. The van der Waals surface area contributed by atoms with Gasteiger partial charge in [0, 0.05) is 19.3 Å². The lowest BCUT2D eigenvalue weighted by Gasteiger charge is -2.17. The minimum Gasteiger partial charge on any atom is -0.346 e. The first kappa shape index (κ1) is 19.2. The first-order chi connectivity index (χ1) is 13.2. The Morgan fingerprint density at radius 1 is 1.19 bits per heavy atom. The standard InChI is InChI=1S/C18H19N5OS.C2H6/c1-12(13-6-2-3-8-19-13)20-18-21-14-7-11-25-16(14)15(22-18)17(24)23-9-4-5-10-23;1-2/h2-3,6-8,11-12H,4-5,9-10H2,1H3,(H,20,21,22);1-2H3/t12-;/m0./s1. The molecule has 0 aliphatic carbocycles. The monoisotopic (exact) mass is 383 g/mol. The second-order valence-electron chi connectivity index (χ2n) is 6.15. The molecule has 7 heteroatoms. The second kappa shape index (κ2) is 8.90. The maximum absolute atomic E-state index is 12.9. The highest BCUT2D eigenvalue weighted by Crippen LogP contribution is 2.26. The lowest BCUT2D eigenvalue weighted by atomic mass is 10.2. The number of carbonyl (C=O) groups excluding carboxylic acids is 1. The number of fused-ring (bicyclic) bond motifs is 1. The Labute approximate surface area is 163 Å². The Morgan fingerprint density at radius 3 is 2.67 bits per heavy atom. The van der Waals surface area contributed by atoms with Crippen LogP contribution in [0, 0.1) is 0 Å². The summed E-state index contributed by atoms with van der Waals surface area (Å²) in [6.07, 6.45) is 3.89. The van der Waals surface area contributed by atoms with Crippen molar-refractivity contribution in [1.82, 2.24) is 19.9 Å². The summed E-state index contributed by atoms with van der Waals surface area (Å²) in [5, 5.41) is 5.23. The van der Waals surface area contributed by atoms with Gasteiger partial charge >= 0.3 is 0 Å². The van der Waals surface area contributed by atoms with Crippen LogP contribution in [-0.4, -0.2) is 38.8 Å². The van der Waals surface area contributed by atoms with Crippen LogP contribution in [0.2, 0.25) is 0 Å². The number of likely N-dealkylation sites (tertiary alicyclic amines) is 1. The number of thiophene rings is 1. The summed E-state index contributed by atoms with van der Waals surface area (Å²) in [5.41, 5.74) is 2.21. The Balaban J connectivity index is 0.00000102. The Kier molecular flexibility index (Phi) is 6.34. The average Bonchev–Trinajstić information content (AvgIpc) is 3.41. The third-order valence-electron chi connectivity index (χ3n) is 4.38. The molecule has 0 aromatic carbocycles. The summed E-state index contributed by atoms with van der Waals surface area (Å²) < 4.78 is 0.855. The molecule has 1 aliphatic rings. The summed E-state index contributed by atoms with van der Waals surface area (Å²) in [6.45, 7) is 7.62. The van der Waals surface area contributed by atoms with Gasteiger partial charge < -0.3 is 10.2 Å². The van der Waals surface area contributed by atoms with Gasteiger partial charge in [-0.1, -0.05) is 19.9 Å². The lowest BCUT2D eigenvalue weighted by Crippen LogP contribution is -2.29. The quantitative estimate of drug-likeness (QED) is 0.717. The van der Waals surface area contributed by atoms with E-state index < -0.39 is 0 Å². The Hall–Kier alpha value is -2.54. The van der Waals surface area contributed by atoms with E-state index >= 15 is 0 Å². The van der Waals surface area contributed by atoms with Crippen molar-refractivity contribution in [3.05, 3.63) is 47.2 Å². The average molecular weight is 384 g/mol. The Morgan fingerprint density at radius 2 is 1.96 bits per heavy atom. The molecule has 4 rings (SSSR count). The molecule has 1 atom stereocenters. The van der Waals surface area contributed by atoms with Crippen LogP contribution < -0.4 is 5.32 Å². The van der Waals surface area contributed by atoms with Gasteiger partial charge in [0.05, 0.1) is 22.0 Å². The van der Waals surface area contributed by atoms with E-state index in [4.69, 9.17) is 0 Å². The zero-order chi connectivity index (χ0) is 19.2. The highest BCUT2D eigenvalue weighted by atomic mass is 32.1. The molecule has 0 saturated carbocycles. The summed E-state index contributed by atoms with van der Waals surface area (Å²) in [7, 11) is 0. The van der Waals surface area contributed by atoms with Crippen molar-refractivity contribution in [2.75, 3.05) is 18.4 Å². The molecule has 1 N–H and O–H groups in total. The van der Waals surface area contributed by atoms with Gasteiger partial charge in [-0.25, -0.2) is 9.97 Å². The van der Waals surface area contributed by atoms with E-state index in [1.54, 1.807) is 6.20 Å². The van der Waals surface area contributed by atoms with Crippen molar-refractivity contribution in [3.63, 3.8) is 0 Å². The molecule has 4 heterocycles. The van der Waals surface area contributed by atoms with Crippen LogP contribution in [-0.2, 0) is 0 Å². The van der Waals surface area contributed by atoms with Gasteiger partial charge in [0.2, 0.25) is 5.95 Å². The number of pyridine rings is 1. The van der Waals surface area contributed by atoms with Crippen LogP contribution in [0.25, 0.3) is 10.2 Å². The smallest absolute Gasteiger partial charge is 0.274 e. The summed E-state index contributed by atoms with van der Waals surface area (Å²) in [5.74, 6) is 0.465. The number of anilines is 1. The number of aromatic nitrogens is 3. The third-order valence-corrected chi connectivity index (χ3v) is 5.29. The molecule has 0 radical (unpaired) electrons. The molecule has 1 aliphatic heterocycles. The largest absolute Gasteiger partial charge is 0.346 e. The van der Waals surface area contributed by atoms with E-state index in [2.05, 4.69) is 20.3 Å². The summed E-state index contributed by atoms with van der Waals surface area (Å²) in [6, 6.07) is 7.67. The van der Waals surface area contributed by atoms with E-state index in [9.17, 15) is 4.79 Å². The Bertz CT molecular complexity index is 890. The molecule has 0 spiro atoms. The van der Waals surface area contributed by atoms with Crippen molar-refractivity contribution in [3.8, 4) is 0 Å². The van der Waals surface area contributed by atoms with Gasteiger partial charge in [-0.2, -0.15) is 0 Å². The highest BCUT2D eigenvalue weighted by Gasteiger charge is 2.24. The van der Waals surface area contributed by atoms with Crippen LogP contribution in [0.4, 0.5) is 5.95 Å². The van der Waals surface area contributed by atoms with E-state index in [0.717, 1.165) is 41.8 Å². The number of carbonyl (C=O) groups is 1. The van der Waals surface area contributed by atoms with Crippen molar-refractivity contribution in [1.29, 1.82) is 0 Å². The van der Waals surface area contributed by atoms with Gasteiger partial charge in [0.1, 0.15) is 0 Å². The molecule has 1 amide bonds. The SMILES string of the molecule is CC.C[C@H](Nc1nc(C(=O)N2CCCC2)c2sccc2n1)c1ccccn1. The van der Waals surface area contributed by atoms with Gasteiger partial charge in [-0.3, -0.25) is 9.78 Å². The molecule has 0 bridgehead atoms. The predicted molar refractivity (Wildman–Crippen MR) is 110 cm³/mol. The molecule has 3 aromatic heterocycles. The number of amides is 1.